The third-order valence-corrected chi connectivity index (χ3v) is 2.80. The number of hydrogen-bond acceptors (Lipinski definition) is 4. The number of ether oxygens (including phenoxy) is 1. The summed E-state index contributed by atoms with van der Waals surface area (Å²) in [5, 5.41) is 18.1. The van der Waals surface area contributed by atoms with Gasteiger partial charge in [0.25, 0.3) is 0 Å². The maximum atomic E-state index is 10.9. The summed E-state index contributed by atoms with van der Waals surface area (Å²) in [6.07, 6.45) is 0. The topological polar surface area (TPSA) is 70.0 Å². The van der Waals surface area contributed by atoms with Gasteiger partial charge in [0.2, 0.25) is 0 Å². The van der Waals surface area contributed by atoms with E-state index < -0.39 is 5.97 Å². The van der Waals surface area contributed by atoms with E-state index in [2.05, 4.69) is 0 Å². The van der Waals surface area contributed by atoms with E-state index in [0.29, 0.717) is 5.75 Å². The van der Waals surface area contributed by atoms with Crippen LogP contribution in [0.5, 0.6) is 11.5 Å². The molecule has 0 heterocycles. The van der Waals surface area contributed by atoms with Gasteiger partial charge in [-0.2, -0.15) is 0 Å². The molecule has 0 unspecified atom stereocenters. The lowest BCUT2D eigenvalue weighted by atomic mass is 10.2. The molecule has 0 saturated heterocycles. The van der Waals surface area contributed by atoms with Crippen LogP contribution >= 0.6 is 0 Å². The van der Waals surface area contributed by atoms with Crippen molar-refractivity contribution in [3.05, 3.63) is 54.1 Å². The molecule has 20 heavy (non-hydrogen) atoms. The number of nitrogens with zero attached hydrogens (tertiary/aromatic N) is 1. The number of anilines is 1. The van der Waals surface area contributed by atoms with Crippen LogP contribution in [-0.4, -0.2) is 30.0 Å². The molecule has 5 heteroatoms. The first-order chi connectivity index (χ1) is 9.56. The van der Waals surface area contributed by atoms with Crippen molar-refractivity contribution in [2.45, 2.75) is 0 Å². The summed E-state index contributed by atoms with van der Waals surface area (Å²) in [6, 6.07) is 13.1. The van der Waals surface area contributed by atoms with Gasteiger partial charge in [0.05, 0.1) is 5.56 Å². The van der Waals surface area contributed by atoms with E-state index >= 15 is 0 Å². The lowest BCUT2D eigenvalue weighted by molar-refractivity contribution is 0.0696. The number of rotatable bonds is 5. The normalized spacial score (nSPS) is 10.1. The van der Waals surface area contributed by atoms with Gasteiger partial charge in [0.1, 0.15) is 11.5 Å². The number of benzene rings is 2. The fourth-order valence-electron chi connectivity index (χ4n) is 1.67. The van der Waals surface area contributed by atoms with Gasteiger partial charge in [-0.1, -0.05) is 6.07 Å². The molecule has 2 rings (SSSR count). The number of aromatic carboxylic acids is 1. The molecule has 0 aromatic heterocycles. The van der Waals surface area contributed by atoms with Gasteiger partial charge in [-0.25, -0.2) is 4.79 Å². The van der Waals surface area contributed by atoms with Gasteiger partial charge in [-0.15, -0.1) is 0 Å². The van der Waals surface area contributed by atoms with E-state index in [1.165, 1.54) is 12.1 Å². The first kappa shape index (κ1) is 13.7. The van der Waals surface area contributed by atoms with Crippen LogP contribution in [0, 0.1) is 0 Å². The zero-order valence-corrected chi connectivity index (χ0v) is 11.0. The molecule has 5 nitrogen and oxygen atoms in total. The summed E-state index contributed by atoms with van der Waals surface area (Å²) in [5.74, 6) is -0.282. The lowest BCUT2D eigenvalue weighted by Crippen LogP contribution is -2.22. The Balaban J connectivity index is 1.99. The first-order valence-electron chi connectivity index (χ1n) is 6.02. The molecule has 0 amide bonds. The first-order valence-corrected chi connectivity index (χ1v) is 6.02. The Morgan fingerprint density at radius 1 is 1.20 bits per heavy atom. The van der Waals surface area contributed by atoms with E-state index in [0.717, 1.165) is 5.69 Å². The third kappa shape index (κ3) is 3.41. The molecule has 2 aromatic rings. The largest absolute Gasteiger partial charge is 0.508 e. The van der Waals surface area contributed by atoms with Gasteiger partial charge in [-0.3, -0.25) is 0 Å². The Labute approximate surface area is 116 Å². The number of phenolic OH excluding ortho intramolecular Hbond substituents is 1. The fourth-order valence-corrected chi connectivity index (χ4v) is 1.67. The maximum Gasteiger partial charge on any atom is 0.335 e. The molecule has 0 fully saturated rings. The Bertz CT molecular complexity index is 595. The highest BCUT2D eigenvalue weighted by Gasteiger charge is 2.05. The molecule has 0 spiro atoms. The number of phenols is 1. The molecule has 0 saturated carbocycles. The number of carboxylic acid groups (broad SMARTS) is 1. The molecular weight excluding hydrogens is 258 g/mol. The molecule has 0 aliphatic rings. The van der Waals surface area contributed by atoms with Crippen molar-refractivity contribution in [3.63, 3.8) is 0 Å². The second-order valence-electron chi connectivity index (χ2n) is 4.32. The van der Waals surface area contributed by atoms with Gasteiger partial charge < -0.3 is 19.8 Å². The molecule has 2 N–H and O–H groups in total. The molecule has 0 bridgehead atoms. The highest BCUT2D eigenvalue weighted by Crippen LogP contribution is 2.18. The SMILES string of the molecule is CN(COc1cccc(C(=O)O)c1)c1ccc(O)cc1. The highest BCUT2D eigenvalue weighted by molar-refractivity contribution is 5.88. The van der Waals surface area contributed by atoms with Crippen molar-refractivity contribution in [1.29, 1.82) is 0 Å². The molecular formula is C15H15NO4. The Hall–Kier alpha value is -2.69. The summed E-state index contributed by atoms with van der Waals surface area (Å²) in [6.45, 7) is 0.272. The predicted octanol–water partition coefficient (Wildman–Crippen LogP) is 2.56. The summed E-state index contributed by atoms with van der Waals surface area (Å²) < 4.78 is 5.54. The van der Waals surface area contributed by atoms with E-state index in [1.807, 2.05) is 11.9 Å². The van der Waals surface area contributed by atoms with Crippen LogP contribution in [-0.2, 0) is 0 Å². The minimum atomic E-state index is -0.984. The third-order valence-electron chi connectivity index (χ3n) is 2.80. The van der Waals surface area contributed by atoms with Gasteiger partial charge in [0, 0.05) is 12.7 Å². The molecule has 0 radical (unpaired) electrons. The summed E-state index contributed by atoms with van der Waals surface area (Å²) in [7, 11) is 1.84. The van der Waals surface area contributed by atoms with Crippen molar-refractivity contribution >= 4 is 11.7 Å². The highest BCUT2D eigenvalue weighted by atomic mass is 16.5. The van der Waals surface area contributed by atoms with Crippen molar-refractivity contribution in [2.24, 2.45) is 0 Å². The summed E-state index contributed by atoms with van der Waals surface area (Å²) >= 11 is 0. The van der Waals surface area contributed by atoms with E-state index in [9.17, 15) is 9.90 Å². The van der Waals surface area contributed by atoms with Gasteiger partial charge >= 0.3 is 5.97 Å². The van der Waals surface area contributed by atoms with Gasteiger partial charge in [0.15, 0.2) is 6.73 Å². The van der Waals surface area contributed by atoms with Crippen molar-refractivity contribution < 1.29 is 19.7 Å². The standard InChI is InChI=1S/C15H15NO4/c1-16(12-5-7-13(17)8-6-12)10-20-14-4-2-3-11(9-14)15(18)19/h2-9,17H,10H2,1H3,(H,18,19). The Morgan fingerprint density at radius 2 is 1.90 bits per heavy atom. The van der Waals surface area contributed by atoms with Crippen LogP contribution in [0.15, 0.2) is 48.5 Å². The van der Waals surface area contributed by atoms with Crippen LogP contribution in [0.4, 0.5) is 5.69 Å². The van der Waals surface area contributed by atoms with Crippen molar-refractivity contribution in [2.75, 3.05) is 18.7 Å². The Kier molecular flexibility index (Phi) is 4.10. The average Bonchev–Trinajstić information content (AvgIpc) is 2.46. The number of carboxylic acids is 1. The van der Waals surface area contributed by atoms with Crippen LogP contribution < -0.4 is 9.64 Å². The number of hydrogen-bond donors (Lipinski definition) is 2. The van der Waals surface area contributed by atoms with Crippen LogP contribution in [0.2, 0.25) is 0 Å². The van der Waals surface area contributed by atoms with Crippen LogP contribution in [0.25, 0.3) is 0 Å². The fraction of sp³-hybridized carbons (Fsp3) is 0.133. The molecule has 0 atom stereocenters. The van der Waals surface area contributed by atoms with E-state index in [4.69, 9.17) is 9.84 Å². The Morgan fingerprint density at radius 3 is 2.55 bits per heavy atom. The molecule has 104 valence electrons. The summed E-state index contributed by atoms with van der Waals surface area (Å²) in [4.78, 5) is 12.7. The monoisotopic (exact) mass is 273 g/mol. The smallest absolute Gasteiger partial charge is 0.335 e. The minimum Gasteiger partial charge on any atom is -0.508 e. The number of aromatic hydroxyl groups is 1. The predicted molar refractivity (Wildman–Crippen MR) is 75.4 cm³/mol. The number of carbonyl (C=O) groups is 1. The second-order valence-corrected chi connectivity index (χ2v) is 4.32. The van der Waals surface area contributed by atoms with Crippen molar-refractivity contribution in [3.8, 4) is 11.5 Å². The van der Waals surface area contributed by atoms with Gasteiger partial charge in [-0.05, 0) is 42.5 Å². The molecule has 2 aromatic carbocycles. The zero-order chi connectivity index (χ0) is 14.5. The van der Waals surface area contributed by atoms with Crippen molar-refractivity contribution in [1.82, 2.24) is 0 Å². The molecule has 0 aliphatic carbocycles. The summed E-state index contributed by atoms with van der Waals surface area (Å²) in [5.41, 5.74) is 1.08. The minimum absolute atomic E-state index is 0.190. The van der Waals surface area contributed by atoms with E-state index in [-0.39, 0.29) is 18.0 Å². The lowest BCUT2D eigenvalue weighted by Gasteiger charge is -2.19. The van der Waals surface area contributed by atoms with Crippen LogP contribution in [0.1, 0.15) is 10.4 Å². The zero-order valence-electron chi connectivity index (χ0n) is 11.0. The quantitative estimate of drug-likeness (QED) is 0.819. The van der Waals surface area contributed by atoms with E-state index in [1.54, 1.807) is 36.4 Å². The van der Waals surface area contributed by atoms with Crippen LogP contribution in [0.3, 0.4) is 0 Å². The second kappa shape index (κ2) is 5.97. The maximum absolute atomic E-state index is 10.9. The molecule has 0 aliphatic heterocycles. The average molecular weight is 273 g/mol.